The zero-order valence-electron chi connectivity index (χ0n) is 15.9. The van der Waals surface area contributed by atoms with Gasteiger partial charge in [0.2, 0.25) is 0 Å². The summed E-state index contributed by atoms with van der Waals surface area (Å²) in [5, 5.41) is 6.62. The summed E-state index contributed by atoms with van der Waals surface area (Å²) >= 11 is 0. The van der Waals surface area contributed by atoms with Crippen LogP contribution >= 0.6 is 0 Å². The molecular formula is C23H26N2O2. The first-order chi connectivity index (χ1) is 13.2. The van der Waals surface area contributed by atoms with Gasteiger partial charge in [0, 0.05) is 29.3 Å². The first-order valence-corrected chi connectivity index (χ1v) is 9.80. The molecule has 140 valence electrons. The lowest BCUT2D eigenvalue weighted by Crippen LogP contribution is -2.30. The minimum absolute atomic E-state index is 0.0114. The number of amides is 1. The third-order valence-electron chi connectivity index (χ3n) is 5.52. The van der Waals surface area contributed by atoms with E-state index in [0.29, 0.717) is 25.0 Å². The molecule has 1 aliphatic carbocycles. The number of fused-ring (bicyclic) bond motifs is 3. The zero-order chi connectivity index (χ0) is 18.8. The number of para-hydroxylation sites is 1. The maximum atomic E-state index is 12.3. The van der Waals surface area contributed by atoms with Crippen LogP contribution in [-0.4, -0.2) is 19.1 Å². The summed E-state index contributed by atoms with van der Waals surface area (Å²) in [6.07, 6.45) is 5.58. The minimum Gasteiger partial charge on any atom is -0.494 e. The maximum Gasteiger partial charge on any atom is 0.251 e. The third-order valence-corrected chi connectivity index (χ3v) is 5.52. The van der Waals surface area contributed by atoms with Crippen LogP contribution in [-0.2, 0) is 0 Å². The quantitative estimate of drug-likeness (QED) is 0.761. The van der Waals surface area contributed by atoms with Crippen molar-refractivity contribution in [3.8, 4) is 5.75 Å². The lowest BCUT2D eigenvalue weighted by Gasteiger charge is -2.38. The number of hydrogen-bond donors (Lipinski definition) is 2. The Morgan fingerprint density at radius 2 is 2.04 bits per heavy atom. The summed E-state index contributed by atoms with van der Waals surface area (Å²) in [6.45, 7) is 5.25. The molecule has 0 aromatic heterocycles. The summed E-state index contributed by atoms with van der Waals surface area (Å²) in [7, 11) is 0. The summed E-state index contributed by atoms with van der Waals surface area (Å²) in [4.78, 5) is 12.3. The van der Waals surface area contributed by atoms with Gasteiger partial charge in [-0.3, -0.25) is 4.79 Å². The van der Waals surface area contributed by atoms with E-state index in [1.54, 1.807) is 0 Å². The maximum absolute atomic E-state index is 12.3. The van der Waals surface area contributed by atoms with E-state index >= 15 is 0 Å². The SMILES string of the molecule is CCNC(=O)c1ccc2c(c1)C1C=CCC1C(c1ccccc1OCC)N2. The van der Waals surface area contributed by atoms with Crippen LogP contribution in [0.15, 0.2) is 54.6 Å². The fourth-order valence-electron chi connectivity index (χ4n) is 4.33. The number of carbonyl (C=O) groups excluding carboxylic acids is 1. The van der Waals surface area contributed by atoms with E-state index < -0.39 is 0 Å². The Morgan fingerprint density at radius 3 is 2.85 bits per heavy atom. The van der Waals surface area contributed by atoms with Gasteiger partial charge in [-0.25, -0.2) is 0 Å². The second-order valence-corrected chi connectivity index (χ2v) is 7.11. The fraction of sp³-hybridized carbons (Fsp3) is 0.348. The fourth-order valence-corrected chi connectivity index (χ4v) is 4.33. The van der Waals surface area contributed by atoms with E-state index in [4.69, 9.17) is 4.74 Å². The number of nitrogens with one attached hydrogen (secondary N) is 2. The molecule has 0 radical (unpaired) electrons. The van der Waals surface area contributed by atoms with Crippen LogP contribution in [0, 0.1) is 5.92 Å². The Bertz CT molecular complexity index is 874. The molecule has 1 aliphatic heterocycles. The molecule has 0 saturated carbocycles. The zero-order valence-corrected chi connectivity index (χ0v) is 15.9. The molecule has 0 fully saturated rings. The second kappa shape index (κ2) is 7.47. The first kappa shape index (κ1) is 17.7. The number of carbonyl (C=O) groups is 1. The number of rotatable bonds is 5. The molecule has 2 aliphatic rings. The highest BCUT2D eigenvalue weighted by molar-refractivity contribution is 5.95. The summed E-state index contributed by atoms with van der Waals surface area (Å²) in [5.74, 6) is 1.67. The van der Waals surface area contributed by atoms with Gasteiger partial charge in [0.25, 0.3) is 5.91 Å². The van der Waals surface area contributed by atoms with E-state index in [2.05, 4.69) is 34.9 Å². The van der Waals surface area contributed by atoms with E-state index in [1.807, 2.05) is 44.2 Å². The topological polar surface area (TPSA) is 50.4 Å². The van der Waals surface area contributed by atoms with Crippen molar-refractivity contribution >= 4 is 11.6 Å². The van der Waals surface area contributed by atoms with Gasteiger partial charge in [-0.15, -0.1) is 0 Å². The molecule has 4 rings (SSSR count). The molecule has 27 heavy (non-hydrogen) atoms. The predicted octanol–water partition coefficient (Wildman–Crippen LogP) is 4.66. The van der Waals surface area contributed by atoms with Crippen LogP contribution in [0.1, 0.15) is 53.7 Å². The van der Waals surface area contributed by atoms with Crippen LogP contribution in [0.2, 0.25) is 0 Å². The normalized spacial score (nSPS) is 22.5. The number of hydrogen-bond acceptors (Lipinski definition) is 3. The summed E-state index contributed by atoms with van der Waals surface area (Å²) < 4.78 is 5.89. The summed E-state index contributed by atoms with van der Waals surface area (Å²) in [5.41, 5.74) is 4.25. The van der Waals surface area contributed by atoms with Crippen molar-refractivity contribution in [1.29, 1.82) is 0 Å². The Hall–Kier alpha value is -2.75. The highest BCUT2D eigenvalue weighted by Gasteiger charge is 2.39. The van der Waals surface area contributed by atoms with Gasteiger partial charge >= 0.3 is 0 Å². The van der Waals surface area contributed by atoms with Gasteiger partial charge < -0.3 is 15.4 Å². The smallest absolute Gasteiger partial charge is 0.251 e. The molecule has 2 N–H and O–H groups in total. The van der Waals surface area contributed by atoms with Crippen LogP contribution < -0.4 is 15.4 Å². The van der Waals surface area contributed by atoms with Gasteiger partial charge in [0.1, 0.15) is 5.75 Å². The molecule has 2 aromatic rings. The first-order valence-electron chi connectivity index (χ1n) is 9.80. The van der Waals surface area contributed by atoms with Crippen LogP contribution in [0.25, 0.3) is 0 Å². The Kier molecular flexibility index (Phi) is 4.88. The molecule has 3 atom stereocenters. The average Bonchev–Trinajstić information content (AvgIpc) is 3.18. The van der Waals surface area contributed by atoms with E-state index in [-0.39, 0.29) is 11.9 Å². The van der Waals surface area contributed by atoms with Crippen molar-refractivity contribution in [2.24, 2.45) is 5.92 Å². The van der Waals surface area contributed by atoms with Gasteiger partial charge in [0.05, 0.1) is 12.6 Å². The largest absolute Gasteiger partial charge is 0.494 e. The van der Waals surface area contributed by atoms with Crippen molar-refractivity contribution in [1.82, 2.24) is 5.32 Å². The Balaban J connectivity index is 1.72. The average molecular weight is 362 g/mol. The van der Waals surface area contributed by atoms with Crippen molar-refractivity contribution in [3.63, 3.8) is 0 Å². The molecule has 0 bridgehead atoms. The van der Waals surface area contributed by atoms with Gasteiger partial charge in [-0.1, -0.05) is 30.4 Å². The number of benzene rings is 2. The van der Waals surface area contributed by atoms with Crippen molar-refractivity contribution in [3.05, 3.63) is 71.3 Å². The standard InChI is InChI=1S/C23H26N2O2/c1-3-24-23(26)15-12-13-20-19(14-15)16-9-7-10-17(16)22(25-20)18-8-5-6-11-21(18)27-4-2/h5-9,11-14,16-17,22,25H,3-4,10H2,1-2H3,(H,24,26). The van der Waals surface area contributed by atoms with E-state index in [1.165, 1.54) is 11.1 Å². The van der Waals surface area contributed by atoms with Crippen LogP contribution in [0.4, 0.5) is 5.69 Å². The lowest BCUT2D eigenvalue weighted by molar-refractivity contribution is 0.0955. The van der Waals surface area contributed by atoms with Gasteiger partial charge in [-0.2, -0.15) is 0 Å². The number of anilines is 1. The molecule has 3 unspecified atom stereocenters. The Morgan fingerprint density at radius 1 is 1.19 bits per heavy atom. The molecule has 0 saturated heterocycles. The molecule has 2 aromatic carbocycles. The van der Waals surface area contributed by atoms with Crippen LogP contribution in [0.5, 0.6) is 5.75 Å². The molecule has 1 heterocycles. The number of ether oxygens (including phenoxy) is 1. The highest BCUT2D eigenvalue weighted by atomic mass is 16.5. The predicted molar refractivity (Wildman–Crippen MR) is 108 cm³/mol. The molecular weight excluding hydrogens is 336 g/mol. The third kappa shape index (κ3) is 3.20. The molecule has 0 spiro atoms. The Labute approximate surface area is 160 Å². The second-order valence-electron chi connectivity index (χ2n) is 7.11. The lowest BCUT2D eigenvalue weighted by atomic mass is 9.76. The molecule has 1 amide bonds. The monoisotopic (exact) mass is 362 g/mol. The minimum atomic E-state index is -0.0114. The molecule has 4 heteroatoms. The van der Waals surface area contributed by atoms with Gasteiger partial charge in [0.15, 0.2) is 0 Å². The summed E-state index contributed by atoms with van der Waals surface area (Å²) in [6, 6.07) is 14.5. The van der Waals surface area contributed by atoms with Crippen molar-refractivity contribution in [2.75, 3.05) is 18.5 Å². The van der Waals surface area contributed by atoms with Crippen molar-refractivity contribution < 1.29 is 9.53 Å². The molecule has 4 nitrogen and oxygen atoms in total. The van der Waals surface area contributed by atoms with E-state index in [9.17, 15) is 4.79 Å². The van der Waals surface area contributed by atoms with Crippen molar-refractivity contribution in [2.45, 2.75) is 32.2 Å². The number of allylic oxidation sites excluding steroid dienone is 2. The van der Waals surface area contributed by atoms with Crippen LogP contribution in [0.3, 0.4) is 0 Å². The van der Waals surface area contributed by atoms with Gasteiger partial charge in [-0.05, 0) is 56.0 Å². The van der Waals surface area contributed by atoms with E-state index in [0.717, 1.165) is 23.4 Å². The highest BCUT2D eigenvalue weighted by Crippen LogP contribution is 2.51.